The Labute approximate surface area is 233 Å². The van der Waals surface area contributed by atoms with Crippen molar-refractivity contribution >= 4 is 46.3 Å². The molecule has 4 aliphatic rings. The number of amides is 4. The molecule has 4 amide bonds. The Kier molecular flexibility index (Phi) is 5.82. The summed E-state index contributed by atoms with van der Waals surface area (Å²) in [5.74, 6) is -3.63. The van der Waals surface area contributed by atoms with Gasteiger partial charge in [0.2, 0.25) is 23.6 Å². The fourth-order valence-corrected chi connectivity index (χ4v) is 8.63. The summed E-state index contributed by atoms with van der Waals surface area (Å²) in [6.45, 7) is 0.495. The van der Waals surface area contributed by atoms with Crippen molar-refractivity contribution in [1.29, 1.82) is 0 Å². The smallest absolute Gasteiger partial charge is 0.234 e. The number of allylic oxidation sites excluding steroid dienone is 2. The molecule has 9 heteroatoms. The first kappa shape index (κ1) is 24.5. The van der Waals surface area contributed by atoms with Gasteiger partial charge in [0.05, 0.1) is 36.8 Å². The van der Waals surface area contributed by atoms with E-state index in [1.165, 1.54) is 32.5 Å². The minimum Gasteiger partial charge on any atom is -0.508 e. The highest BCUT2D eigenvalue weighted by Crippen LogP contribution is 2.58. The Morgan fingerprint density at radius 3 is 2.00 bits per heavy atom. The van der Waals surface area contributed by atoms with Crippen LogP contribution in [0.5, 0.6) is 5.75 Å². The van der Waals surface area contributed by atoms with Crippen molar-refractivity contribution in [2.24, 2.45) is 29.6 Å². The Hall–Kier alpha value is -3.56. The lowest BCUT2D eigenvalue weighted by Crippen LogP contribution is -2.43. The Bertz CT molecular complexity index is 1510. The third-order valence-corrected chi connectivity index (χ3v) is 10.6. The Morgan fingerprint density at radius 1 is 0.744 bits per heavy atom. The molecule has 0 radical (unpaired) electrons. The monoisotopic (exact) mass is 558 g/mol. The van der Waals surface area contributed by atoms with Crippen LogP contribution in [0, 0.1) is 29.6 Å². The second kappa shape index (κ2) is 9.27. The number of imide groups is 2. The van der Waals surface area contributed by atoms with Crippen LogP contribution in [-0.4, -0.2) is 38.5 Å². The van der Waals surface area contributed by atoms with Gasteiger partial charge in [-0.3, -0.25) is 29.0 Å². The summed E-state index contributed by atoms with van der Waals surface area (Å²) < 4.78 is 0. The highest BCUT2D eigenvalue weighted by Gasteiger charge is 2.61. The van der Waals surface area contributed by atoms with E-state index in [-0.39, 0.29) is 48.4 Å². The Morgan fingerprint density at radius 2 is 1.38 bits per heavy atom. The van der Waals surface area contributed by atoms with Crippen LogP contribution in [0.25, 0.3) is 0 Å². The number of carbonyl (C=O) groups excluding carboxylic acids is 4. The number of nitrogens with zero attached hydrogens (tertiary/aromatic N) is 2. The number of likely N-dealkylation sites (tertiary alicyclic amines) is 2. The van der Waals surface area contributed by atoms with Gasteiger partial charge < -0.3 is 5.11 Å². The van der Waals surface area contributed by atoms with Crippen molar-refractivity contribution < 1.29 is 24.3 Å². The first-order valence-electron chi connectivity index (χ1n) is 13.2. The maximum atomic E-state index is 13.9. The fraction of sp³-hybridized carbons (Fsp3) is 0.333. The van der Waals surface area contributed by atoms with Crippen LogP contribution in [0.1, 0.15) is 34.1 Å². The molecule has 1 aromatic carbocycles. The van der Waals surface area contributed by atoms with Crippen LogP contribution in [0.4, 0.5) is 0 Å². The number of phenolic OH excluding ortho intramolecular Hbond substituents is 1. The molecule has 7 rings (SSSR count). The summed E-state index contributed by atoms with van der Waals surface area (Å²) in [4.78, 5) is 59.6. The molecule has 3 fully saturated rings. The summed E-state index contributed by atoms with van der Waals surface area (Å²) >= 11 is 3.02. The zero-order valence-electron chi connectivity index (χ0n) is 20.9. The van der Waals surface area contributed by atoms with E-state index >= 15 is 0 Å². The number of thiophene rings is 2. The zero-order chi connectivity index (χ0) is 26.8. The van der Waals surface area contributed by atoms with Gasteiger partial charge in [-0.05, 0) is 59.3 Å². The number of rotatable bonds is 5. The van der Waals surface area contributed by atoms with Gasteiger partial charge in [0.25, 0.3) is 0 Å². The number of aromatic hydroxyl groups is 1. The van der Waals surface area contributed by atoms with Gasteiger partial charge in [0.15, 0.2) is 0 Å². The molecule has 2 aliphatic heterocycles. The first-order chi connectivity index (χ1) is 18.9. The van der Waals surface area contributed by atoms with Crippen molar-refractivity contribution in [2.45, 2.75) is 31.8 Å². The predicted octanol–water partition coefficient (Wildman–Crippen LogP) is 4.55. The standard InChI is InChI=1S/C30H26N2O5S2/c33-17-5-1-4-16(12-17)24-20-8-9-21-25(29(36)31(27(21)34)14-18-6-2-10-38-18)22(20)13-23-26(24)30(37)32(28(23)35)15-19-7-3-11-39-19/h1-8,10-12,21-26,33H,9,13-15H2. The quantitative estimate of drug-likeness (QED) is 0.366. The molecule has 6 unspecified atom stereocenters. The molecule has 0 bridgehead atoms. The summed E-state index contributed by atoms with van der Waals surface area (Å²) in [5, 5.41) is 14.2. The average molecular weight is 559 g/mol. The SMILES string of the molecule is O=C1C2CC=C3C(CC4C(=O)N(Cc5cccs5)C(=O)C4C3c3cccc(O)c3)C2C(=O)N1Cc1cccs1. The largest absolute Gasteiger partial charge is 0.508 e. The number of carbonyl (C=O) groups is 4. The van der Waals surface area contributed by atoms with Crippen molar-refractivity contribution in [2.75, 3.05) is 0 Å². The summed E-state index contributed by atoms with van der Waals surface area (Å²) in [7, 11) is 0. The van der Waals surface area contributed by atoms with Crippen LogP contribution >= 0.6 is 22.7 Å². The highest BCUT2D eigenvalue weighted by molar-refractivity contribution is 7.10. The van der Waals surface area contributed by atoms with Gasteiger partial charge in [-0.25, -0.2) is 0 Å². The lowest BCUT2D eigenvalue weighted by Gasteiger charge is -2.44. The minimum absolute atomic E-state index is 0.0851. The number of benzene rings is 1. The normalized spacial score (nSPS) is 29.9. The van der Waals surface area contributed by atoms with Crippen LogP contribution < -0.4 is 0 Å². The molecule has 2 saturated heterocycles. The molecule has 0 spiro atoms. The molecule has 1 saturated carbocycles. The van der Waals surface area contributed by atoms with Crippen LogP contribution in [-0.2, 0) is 32.3 Å². The second-order valence-corrected chi connectivity index (χ2v) is 12.9. The molecular weight excluding hydrogens is 532 g/mol. The predicted molar refractivity (Wildman–Crippen MR) is 145 cm³/mol. The van der Waals surface area contributed by atoms with E-state index in [1.54, 1.807) is 18.2 Å². The molecule has 1 N–H and O–H groups in total. The summed E-state index contributed by atoms with van der Waals surface area (Å²) in [5.41, 5.74) is 1.70. The molecule has 198 valence electrons. The van der Waals surface area contributed by atoms with Gasteiger partial charge in [0.1, 0.15) is 5.75 Å². The molecule has 6 atom stereocenters. The third kappa shape index (κ3) is 3.82. The summed E-state index contributed by atoms with van der Waals surface area (Å²) in [6.07, 6.45) is 2.83. The zero-order valence-corrected chi connectivity index (χ0v) is 22.6. The lowest BCUT2D eigenvalue weighted by molar-refractivity contribution is -0.142. The van der Waals surface area contributed by atoms with Crippen LogP contribution in [0.3, 0.4) is 0 Å². The van der Waals surface area contributed by atoms with Crippen molar-refractivity contribution in [1.82, 2.24) is 9.80 Å². The van der Waals surface area contributed by atoms with Gasteiger partial charge in [-0.2, -0.15) is 0 Å². The number of fused-ring (bicyclic) bond motifs is 4. The van der Waals surface area contributed by atoms with Crippen molar-refractivity contribution in [3.05, 3.63) is 86.3 Å². The molecule has 2 aliphatic carbocycles. The topological polar surface area (TPSA) is 95.0 Å². The van der Waals surface area contributed by atoms with Crippen LogP contribution in [0.15, 0.2) is 70.9 Å². The third-order valence-electron chi connectivity index (χ3n) is 8.85. The molecular formula is C30H26N2O5S2. The highest BCUT2D eigenvalue weighted by atomic mass is 32.1. The maximum absolute atomic E-state index is 13.9. The molecule has 2 aromatic heterocycles. The number of hydrogen-bond acceptors (Lipinski definition) is 7. The fourth-order valence-electron chi connectivity index (χ4n) is 7.24. The van der Waals surface area contributed by atoms with Gasteiger partial charge >= 0.3 is 0 Å². The van der Waals surface area contributed by atoms with Gasteiger partial charge in [-0.15, -0.1) is 22.7 Å². The van der Waals surface area contributed by atoms with Crippen molar-refractivity contribution in [3.8, 4) is 5.75 Å². The summed E-state index contributed by atoms with van der Waals surface area (Å²) in [6, 6.07) is 14.5. The van der Waals surface area contributed by atoms with E-state index < -0.39 is 29.6 Å². The number of hydrogen-bond donors (Lipinski definition) is 1. The van der Waals surface area contributed by atoms with Gasteiger partial charge in [-0.1, -0.05) is 35.9 Å². The van der Waals surface area contributed by atoms with E-state index in [2.05, 4.69) is 0 Å². The minimum atomic E-state index is -0.604. The van der Waals surface area contributed by atoms with Crippen molar-refractivity contribution in [3.63, 3.8) is 0 Å². The van der Waals surface area contributed by atoms with E-state index in [4.69, 9.17) is 0 Å². The number of phenols is 1. The second-order valence-electron chi connectivity index (χ2n) is 10.8. The van der Waals surface area contributed by atoms with Gasteiger partial charge in [0, 0.05) is 15.7 Å². The average Bonchev–Trinajstić information content (AvgIpc) is 3.72. The van der Waals surface area contributed by atoms with E-state index in [0.717, 1.165) is 20.9 Å². The lowest BCUT2D eigenvalue weighted by atomic mass is 9.57. The first-order valence-corrected chi connectivity index (χ1v) is 14.9. The maximum Gasteiger partial charge on any atom is 0.234 e. The Balaban J connectivity index is 1.28. The molecule has 4 heterocycles. The molecule has 39 heavy (non-hydrogen) atoms. The van der Waals surface area contributed by atoms with E-state index in [0.29, 0.717) is 12.8 Å². The molecule has 7 nitrogen and oxygen atoms in total. The van der Waals surface area contributed by atoms with E-state index in [9.17, 15) is 24.3 Å². The van der Waals surface area contributed by atoms with E-state index in [1.807, 2.05) is 47.2 Å². The molecule has 3 aromatic rings. The van der Waals surface area contributed by atoms with Crippen LogP contribution in [0.2, 0.25) is 0 Å².